The largest absolute Gasteiger partial charge is 0.360 e. The zero-order valence-corrected chi connectivity index (χ0v) is 18.1. The molecule has 0 bridgehead atoms. The number of nitrogens with zero attached hydrogens (tertiary/aromatic N) is 3. The monoisotopic (exact) mass is 436 g/mol. The van der Waals surface area contributed by atoms with Crippen LogP contribution in [0.2, 0.25) is 0 Å². The van der Waals surface area contributed by atoms with Crippen LogP contribution in [-0.2, 0) is 10.5 Å². The smallest absolute Gasteiger partial charge is 0.254 e. The first-order chi connectivity index (χ1) is 15.1. The number of pyridine rings is 1. The third kappa shape index (κ3) is 5.32. The Labute approximate surface area is 185 Å². The number of carbonyl (C=O) groups excluding carboxylic acids is 2. The van der Waals surface area contributed by atoms with Crippen LogP contribution in [0.4, 0.5) is 5.82 Å². The van der Waals surface area contributed by atoms with Gasteiger partial charge in [-0.1, -0.05) is 23.4 Å². The van der Waals surface area contributed by atoms with Crippen molar-refractivity contribution in [2.24, 2.45) is 5.92 Å². The van der Waals surface area contributed by atoms with Gasteiger partial charge in [0.2, 0.25) is 5.91 Å². The molecule has 2 amide bonds. The van der Waals surface area contributed by atoms with Crippen molar-refractivity contribution in [1.29, 1.82) is 0 Å². The van der Waals surface area contributed by atoms with Crippen molar-refractivity contribution >= 4 is 29.4 Å². The maximum Gasteiger partial charge on any atom is 0.254 e. The summed E-state index contributed by atoms with van der Waals surface area (Å²) < 4.78 is 5.27. The molecule has 0 radical (unpaired) electrons. The van der Waals surface area contributed by atoms with Gasteiger partial charge in [0.25, 0.3) is 5.91 Å². The maximum absolute atomic E-state index is 13.2. The molecule has 1 saturated heterocycles. The highest BCUT2D eigenvalue weighted by atomic mass is 32.2. The number of likely N-dealkylation sites (tertiary alicyclic amines) is 1. The highest BCUT2D eigenvalue weighted by molar-refractivity contribution is 7.98. The van der Waals surface area contributed by atoms with Crippen molar-refractivity contribution in [2.45, 2.75) is 30.4 Å². The molecule has 8 heteroatoms. The molecule has 3 heterocycles. The second-order valence-corrected chi connectivity index (χ2v) is 8.51. The zero-order chi connectivity index (χ0) is 21.6. The SMILES string of the molecule is Cc1cc(CSc2ccccc2C(=O)N2CCC(C(=O)Nc3ccccn3)CC2)on1. The fraction of sp³-hybridized carbons (Fsp3) is 0.304. The van der Waals surface area contributed by atoms with E-state index in [1.54, 1.807) is 24.0 Å². The molecule has 1 aromatic carbocycles. The normalized spacial score (nSPS) is 14.4. The predicted molar refractivity (Wildman–Crippen MR) is 119 cm³/mol. The van der Waals surface area contributed by atoms with E-state index in [9.17, 15) is 9.59 Å². The summed E-state index contributed by atoms with van der Waals surface area (Å²) in [6.45, 7) is 2.99. The van der Waals surface area contributed by atoms with Gasteiger partial charge in [-0.15, -0.1) is 11.8 Å². The molecule has 2 aromatic heterocycles. The van der Waals surface area contributed by atoms with Crippen molar-refractivity contribution in [2.75, 3.05) is 18.4 Å². The van der Waals surface area contributed by atoms with Gasteiger partial charge in [0.15, 0.2) is 0 Å². The number of rotatable bonds is 6. The molecule has 3 aromatic rings. The first kappa shape index (κ1) is 21.1. The van der Waals surface area contributed by atoms with E-state index in [0.717, 1.165) is 16.3 Å². The lowest BCUT2D eigenvalue weighted by Gasteiger charge is -2.31. The van der Waals surface area contributed by atoms with Crippen molar-refractivity contribution in [3.63, 3.8) is 0 Å². The molecule has 7 nitrogen and oxygen atoms in total. The summed E-state index contributed by atoms with van der Waals surface area (Å²) in [5.74, 6) is 1.79. The van der Waals surface area contributed by atoms with E-state index in [-0.39, 0.29) is 17.7 Å². The van der Waals surface area contributed by atoms with Crippen molar-refractivity contribution in [3.05, 3.63) is 71.7 Å². The average Bonchev–Trinajstić information content (AvgIpc) is 3.23. The molecule has 1 N–H and O–H groups in total. The van der Waals surface area contributed by atoms with E-state index in [0.29, 0.717) is 43.1 Å². The van der Waals surface area contributed by atoms with Gasteiger partial charge in [-0.05, 0) is 44.0 Å². The van der Waals surface area contributed by atoms with E-state index in [4.69, 9.17) is 4.52 Å². The predicted octanol–water partition coefficient (Wildman–Crippen LogP) is 4.16. The molecular weight excluding hydrogens is 412 g/mol. The molecule has 0 saturated carbocycles. The summed E-state index contributed by atoms with van der Waals surface area (Å²) in [5, 5.41) is 6.77. The number of thioether (sulfide) groups is 1. The van der Waals surface area contributed by atoms with Gasteiger partial charge in [-0.3, -0.25) is 9.59 Å². The van der Waals surface area contributed by atoms with Crippen molar-refractivity contribution in [1.82, 2.24) is 15.0 Å². The molecule has 160 valence electrons. The van der Waals surface area contributed by atoms with Gasteiger partial charge >= 0.3 is 0 Å². The molecule has 1 fully saturated rings. The Balaban J connectivity index is 1.35. The minimum atomic E-state index is -0.120. The fourth-order valence-corrected chi connectivity index (χ4v) is 4.50. The Hall–Kier alpha value is -3.13. The lowest BCUT2D eigenvalue weighted by atomic mass is 9.95. The van der Waals surface area contributed by atoms with E-state index in [1.807, 2.05) is 54.3 Å². The molecule has 0 unspecified atom stereocenters. The maximum atomic E-state index is 13.2. The number of aryl methyl sites for hydroxylation is 1. The van der Waals surface area contributed by atoms with Crippen LogP contribution in [0.1, 0.15) is 34.7 Å². The Morgan fingerprint density at radius 2 is 1.94 bits per heavy atom. The van der Waals surface area contributed by atoms with Gasteiger partial charge in [-0.2, -0.15) is 0 Å². The molecule has 1 aliphatic heterocycles. The molecule has 0 spiro atoms. The Bertz CT molecular complexity index is 1050. The average molecular weight is 437 g/mol. The van der Waals surface area contributed by atoms with Gasteiger partial charge in [-0.25, -0.2) is 4.98 Å². The molecule has 31 heavy (non-hydrogen) atoms. The second-order valence-electron chi connectivity index (χ2n) is 7.49. The minimum absolute atomic E-state index is 0.000402. The van der Waals surface area contributed by atoms with E-state index in [2.05, 4.69) is 15.5 Å². The number of hydrogen-bond acceptors (Lipinski definition) is 6. The summed E-state index contributed by atoms with van der Waals surface area (Å²) in [6.07, 6.45) is 2.92. The van der Waals surface area contributed by atoms with Crippen LogP contribution in [0.5, 0.6) is 0 Å². The number of amides is 2. The standard InChI is InChI=1S/C23H24N4O3S/c1-16-14-18(30-26-16)15-31-20-7-3-2-6-19(20)23(29)27-12-9-17(10-13-27)22(28)25-21-8-4-5-11-24-21/h2-8,11,14,17H,9-10,12-13,15H2,1H3,(H,24,25,28). The molecule has 1 aliphatic rings. The van der Waals surface area contributed by atoms with Gasteiger partial charge in [0.05, 0.1) is 17.0 Å². The third-order valence-electron chi connectivity index (χ3n) is 5.23. The van der Waals surface area contributed by atoms with Crippen LogP contribution in [0.15, 0.2) is 64.1 Å². The summed E-state index contributed by atoms with van der Waals surface area (Å²) in [4.78, 5) is 32.6. The summed E-state index contributed by atoms with van der Waals surface area (Å²) >= 11 is 1.56. The summed E-state index contributed by atoms with van der Waals surface area (Å²) in [5.41, 5.74) is 1.52. The highest BCUT2D eigenvalue weighted by Gasteiger charge is 2.29. The number of anilines is 1. The zero-order valence-electron chi connectivity index (χ0n) is 17.3. The minimum Gasteiger partial charge on any atom is -0.360 e. The van der Waals surface area contributed by atoms with E-state index >= 15 is 0 Å². The number of carbonyl (C=O) groups is 2. The summed E-state index contributed by atoms with van der Waals surface area (Å²) in [7, 11) is 0. The third-order valence-corrected chi connectivity index (χ3v) is 6.33. The van der Waals surface area contributed by atoms with Gasteiger partial charge in [0, 0.05) is 36.2 Å². The fourth-order valence-electron chi connectivity index (χ4n) is 3.58. The van der Waals surface area contributed by atoms with Crippen molar-refractivity contribution < 1.29 is 14.1 Å². The van der Waals surface area contributed by atoms with Crippen LogP contribution in [0.25, 0.3) is 0 Å². The quantitative estimate of drug-likeness (QED) is 0.584. The number of piperidine rings is 1. The molecule has 0 aliphatic carbocycles. The number of nitrogens with one attached hydrogen (secondary N) is 1. The second kappa shape index (κ2) is 9.78. The van der Waals surface area contributed by atoms with Crippen molar-refractivity contribution in [3.8, 4) is 0 Å². The Morgan fingerprint density at radius 3 is 2.65 bits per heavy atom. The first-order valence-electron chi connectivity index (χ1n) is 10.3. The van der Waals surface area contributed by atoms with Crippen LogP contribution in [0.3, 0.4) is 0 Å². The van der Waals surface area contributed by atoms with Crippen LogP contribution in [-0.4, -0.2) is 39.9 Å². The topological polar surface area (TPSA) is 88.3 Å². The first-order valence-corrected chi connectivity index (χ1v) is 11.2. The molecule has 0 atom stereocenters. The van der Waals surface area contributed by atoms with Crippen LogP contribution >= 0.6 is 11.8 Å². The number of aromatic nitrogens is 2. The Morgan fingerprint density at radius 1 is 1.16 bits per heavy atom. The van der Waals surface area contributed by atoms with E-state index < -0.39 is 0 Å². The Kier molecular flexibility index (Phi) is 6.66. The van der Waals surface area contributed by atoms with Gasteiger partial charge in [0.1, 0.15) is 11.6 Å². The van der Waals surface area contributed by atoms with Crippen LogP contribution in [0, 0.1) is 12.8 Å². The van der Waals surface area contributed by atoms with E-state index in [1.165, 1.54) is 0 Å². The highest BCUT2D eigenvalue weighted by Crippen LogP contribution is 2.29. The lowest BCUT2D eigenvalue weighted by Crippen LogP contribution is -2.41. The summed E-state index contributed by atoms with van der Waals surface area (Å²) in [6, 6.07) is 14.9. The molecular formula is C23H24N4O3S. The number of benzene rings is 1. The van der Waals surface area contributed by atoms with Gasteiger partial charge < -0.3 is 14.7 Å². The lowest BCUT2D eigenvalue weighted by molar-refractivity contribution is -0.121. The van der Waals surface area contributed by atoms with Crippen LogP contribution < -0.4 is 5.32 Å². The molecule has 4 rings (SSSR count). The number of hydrogen-bond donors (Lipinski definition) is 1.